The first kappa shape index (κ1) is 39.9. The SMILES string of the molecule is c1ccc(-c2ccc(N(c3ccc4c(c3)c3ccccc3n4-c3ccc(-c4ccccc4)cc3)c3cccc4oc5cc6c(cc5c34)-c3ccccc3C6(c3ccccc3)c3ccccc3)cc2)cc1. The van der Waals surface area contributed by atoms with Crippen LogP contribution in [0.25, 0.3) is 82.8 Å². The van der Waals surface area contributed by atoms with Crippen molar-refractivity contribution in [2.75, 3.05) is 4.90 Å². The Labute approximate surface area is 406 Å². The number of para-hydroxylation sites is 1. The molecule has 11 aromatic carbocycles. The Morgan fingerprint density at radius 3 is 1.59 bits per heavy atom. The molecule has 3 heteroatoms. The third-order valence-electron chi connectivity index (χ3n) is 14.7. The Morgan fingerprint density at radius 2 is 0.900 bits per heavy atom. The molecule has 0 aliphatic heterocycles. The monoisotopic (exact) mass is 892 g/mol. The fourth-order valence-electron chi connectivity index (χ4n) is 11.6. The Balaban J connectivity index is 0.990. The number of anilines is 3. The molecule has 1 aliphatic rings. The summed E-state index contributed by atoms with van der Waals surface area (Å²) in [6.45, 7) is 0. The van der Waals surface area contributed by atoms with Crippen molar-refractivity contribution < 1.29 is 4.42 Å². The number of aromatic nitrogens is 1. The summed E-state index contributed by atoms with van der Waals surface area (Å²) >= 11 is 0. The van der Waals surface area contributed by atoms with Gasteiger partial charge in [0.1, 0.15) is 11.2 Å². The number of hydrogen-bond acceptors (Lipinski definition) is 2. The first-order valence-corrected chi connectivity index (χ1v) is 24.1. The number of benzene rings is 11. The summed E-state index contributed by atoms with van der Waals surface area (Å²) in [5.41, 5.74) is 20.0. The minimum Gasteiger partial charge on any atom is -0.456 e. The second-order valence-corrected chi connectivity index (χ2v) is 18.4. The number of nitrogens with zero attached hydrogens (tertiary/aromatic N) is 2. The van der Waals surface area contributed by atoms with Crippen LogP contribution in [-0.2, 0) is 5.41 Å². The highest BCUT2D eigenvalue weighted by molar-refractivity contribution is 6.16. The zero-order valence-electron chi connectivity index (χ0n) is 38.2. The van der Waals surface area contributed by atoms with Crippen LogP contribution in [0.1, 0.15) is 22.3 Å². The molecule has 13 aromatic rings. The Morgan fingerprint density at radius 1 is 0.343 bits per heavy atom. The summed E-state index contributed by atoms with van der Waals surface area (Å²) in [6, 6.07) is 97.0. The molecule has 0 saturated carbocycles. The zero-order chi connectivity index (χ0) is 46.2. The summed E-state index contributed by atoms with van der Waals surface area (Å²) in [7, 11) is 0. The normalized spacial score (nSPS) is 12.7. The van der Waals surface area contributed by atoms with Gasteiger partial charge >= 0.3 is 0 Å². The number of rotatable bonds is 8. The molecule has 0 bridgehead atoms. The molecule has 0 fully saturated rings. The van der Waals surface area contributed by atoms with Gasteiger partial charge < -0.3 is 13.9 Å². The molecular weight excluding hydrogens is 849 g/mol. The van der Waals surface area contributed by atoms with Crippen molar-refractivity contribution in [3.8, 4) is 39.1 Å². The van der Waals surface area contributed by atoms with Crippen LogP contribution < -0.4 is 4.90 Å². The van der Waals surface area contributed by atoms with Crippen molar-refractivity contribution in [2.45, 2.75) is 5.41 Å². The number of fused-ring (bicyclic) bond motifs is 9. The van der Waals surface area contributed by atoms with Crippen molar-refractivity contribution in [2.24, 2.45) is 0 Å². The molecule has 14 rings (SSSR count). The van der Waals surface area contributed by atoms with Gasteiger partial charge in [-0.05, 0) is 128 Å². The average Bonchev–Trinajstić information content (AvgIpc) is 4.07. The van der Waals surface area contributed by atoms with Crippen LogP contribution in [0.15, 0.2) is 271 Å². The van der Waals surface area contributed by atoms with E-state index in [0.717, 1.165) is 50.2 Å². The highest BCUT2D eigenvalue weighted by Gasteiger charge is 2.46. The predicted molar refractivity (Wildman–Crippen MR) is 291 cm³/mol. The maximum absolute atomic E-state index is 7.07. The summed E-state index contributed by atoms with van der Waals surface area (Å²) in [6.07, 6.45) is 0. The summed E-state index contributed by atoms with van der Waals surface area (Å²) < 4.78 is 9.47. The molecule has 328 valence electrons. The third-order valence-corrected chi connectivity index (χ3v) is 14.7. The van der Waals surface area contributed by atoms with Crippen molar-refractivity contribution in [3.05, 3.63) is 289 Å². The van der Waals surface area contributed by atoms with Crippen LogP contribution in [0.2, 0.25) is 0 Å². The van der Waals surface area contributed by atoms with E-state index < -0.39 is 5.41 Å². The van der Waals surface area contributed by atoms with Crippen molar-refractivity contribution >= 4 is 60.8 Å². The van der Waals surface area contributed by atoms with Gasteiger partial charge in [0.15, 0.2) is 0 Å². The summed E-state index contributed by atoms with van der Waals surface area (Å²) in [5, 5.41) is 4.54. The second-order valence-electron chi connectivity index (χ2n) is 18.4. The fourth-order valence-corrected chi connectivity index (χ4v) is 11.6. The molecule has 0 saturated heterocycles. The van der Waals surface area contributed by atoms with Gasteiger partial charge in [-0.1, -0.05) is 194 Å². The summed E-state index contributed by atoms with van der Waals surface area (Å²) in [5.74, 6) is 0. The highest BCUT2D eigenvalue weighted by Crippen LogP contribution is 2.58. The van der Waals surface area contributed by atoms with E-state index in [-0.39, 0.29) is 0 Å². The van der Waals surface area contributed by atoms with Crippen molar-refractivity contribution in [1.82, 2.24) is 4.57 Å². The van der Waals surface area contributed by atoms with Gasteiger partial charge in [0, 0.05) is 33.2 Å². The van der Waals surface area contributed by atoms with E-state index in [2.05, 4.69) is 276 Å². The van der Waals surface area contributed by atoms with Gasteiger partial charge in [-0.15, -0.1) is 0 Å². The van der Waals surface area contributed by atoms with E-state index in [1.165, 1.54) is 71.9 Å². The average molecular weight is 893 g/mol. The van der Waals surface area contributed by atoms with Crippen LogP contribution in [0.4, 0.5) is 17.1 Å². The molecule has 0 amide bonds. The van der Waals surface area contributed by atoms with Crippen LogP contribution in [0.3, 0.4) is 0 Å². The molecule has 2 aromatic heterocycles. The van der Waals surface area contributed by atoms with E-state index in [1.54, 1.807) is 0 Å². The van der Waals surface area contributed by atoms with E-state index >= 15 is 0 Å². The van der Waals surface area contributed by atoms with E-state index in [9.17, 15) is 0 Å². The Bertz CT molecular complexity index is 4040. The molecular formula is C67H44N2O. The lowest BCUT2D eigenvalue weighted by Gasteiger charge is -2.33. The molecule has 0 unspecified atom stereocenters. The molecule has 0 N–H and O–H groups in total. The lowest BCUT2D eigenvalue weighted by Crippen LogP contribution is -2.28. The van der Waals surface area contributed by atoms with E-state index in [0.29, 0.717) is 0 Å². The van der Waals surface area contributed by atoms with Gasteiger partial charge in [0.2, 0.25) is 0 Å². The quantitative estimate of drug-likeness (QED) is 0.152. The first-order chi connectivity index (χ1) is 34.7. The number of furan rings is 1. The second kappa shape index (κ2) is 16.0. The van der Waals surface area contributed by atoms with Gasteiger partial charge in [-0.2, -0.15) is 0 Å². The zero-order valence-corrected chi connectivity index (χ0v) is 38.2. The van der Waals surface area contributed by atoms with Gasteiger partial charge in [-0.25, -0.2) is 0 Å². The largest absolute Gasteiger partial charge is 0.456 e. The molecule has 0 radical (unpaired) electrons. The van der Waals surface area contributed by atoms with E-state index in [1.807, 2.05) is 0 Å². The molecule has 2 heterocycles. The lowest BCUT2D eigenvalue weighted by atomic mass is 9.67. The lowest BCUT2D eigenvalue weighted by molar-refractivity contribution is 0.666. The maximum atomic E-state index is 7.07. The third kappa shape index (κ3) is 6.08. The van der Waals surface area contributed by atoms with Crippen LogP contribution >= 0.6 is 0 Å². The predicted octanol–water partition coefficient (Wildman–Crippen LogP) is 17.8. The molecule has 70 heavy (non-hydrogen) atoms. The fraction of sp³-hybridized carbons (Fsp3) is 0.0149. The first-order valence-electron chi connectivity index (χ1n) is 24.1. The Kier molecular flexibility index (Phi) is 9.11. The molecule has 0 spiro atoms. The topological polar surface area (TPSA) is 21.3 Å². The van der Waals surface area contributed by atoms with Gasteiger partial charge in [-0.3, -0.25) is 0 Å². The number of hydrogen-bond donors (Lipinski definition) is 0. The Hall–Kier alpha value is -9.18. The van der Waals surface area contributed by atoms with Crippen molar-refractivity contribution in [1.29, 1.82) is 0 Å². The summed E-state index contributed by atoms with van der Waals surface area (Å²) in [4.78, 5) is 2.42. The standard InChI is InChI=1S/C67H44N2O/c1-5-18-45(19-6-1)47-32-36-51(37-33-47)68(53-40-41-62-57(42-53)55-27-14-16-29-61(55)69(62)52-38-34-48(35-39-52)46-20-7-2-8-21-46)63-30-17-31-64-66(63)58-43-56-54-26-13-15-28-59(54)67(49-22-9-3-10-23-49,50-24-11-4-12-25-50)60(56)44-65(58)70-64/h1-44H. The minimum atomic E-state index is -0.532. The highest BCUT2D eigenvalue weighted by atomic mass is 16.3. The molecule has 1 aliphatic carbocycles. The smallest absolute Gasteiger partial charge is 0.137 e. The molecule has 0 atom stereocenters. The maximum Gasteiger partial charge on any atom is 0.137 e. The van der Waals surface area contributed by atoms with Crippen LogP contribution in [0.5, 0.6) is 0 Å². The molecule has 3 nitrogen and oxygen atoms in total. The van der Waals surface area contributed by atoms with Crippen LogP contribution in [0, 0.1) is 0 Å². The minimum absolute atomic E-state index is 0.532. The van der Waals surface area contributed by atoms with Gasteiger partial charge in [0.05, 0.1) is 27.5 Å². The van der Waals surface area contributed by atoms with Gasteiger partial charge in [0.25, 0.3) is 0 Å². The van der Waals surface area contributed by atoms with Crippen molar-refractivity contribution in [3.63, 3.8) is 0 Å². The van der Waals surface area contributed by atoms with E-state index in [4.69, 9.17) is 4.42 Å². The van der Waals surface area contributed by atoms with Crippen LogP contribution in [-0.4, -0.2) is 4.57 Å².